The van der Waals surface area contributed by atoms with E-state index in [1.54, 1.807) is 6.20 Å². The number of nitrogens with zero attached hydrogens (tertiary/aromatic N) is 1. The topological polar surface area (TPSA) is 24.9 Å². The molecule has 3 heteroatoms. The third-order valence-electron chi connectivity index (χ3n) is 2.20. The summed E-state index contributed by atoms with van der Waals surface area (Å²) < 4.78 is 0. The first-order chi connectivity index (χ1) is 5.88. The molecule has 2 heterocycles. The van der Waals surface area contributed by atoms with Crippen LogP contribution in [0.15, 0.2) is 12.3 Å². The second-order valence-corrected chi connectivity index (χ2v) is 3.38. The first kappa shape index (κ1) is 8.02. The predicted molar refractivity (Wildman–Crippen MR) is 49.3 cm³/mol. The summed E-state index contributed by atoms with van der Waals surface area (Å²) in [6, 6.07) is 2.04. The van der Waals surface area contributed by atoms with Crippen molar-refractivity contribution in [3.8, 4) is 0 Å². The minimum Gasteiger partial charge on any atom is -0.313 e. The van der Waals surface area contributed by atoms with Gasteiger partial charge in [0.15, 0.2) is 0 Å². The average Bonchev–Trinajstić information content (AvgIpc) is 2.30. The first-order valence-corrected chi connectivity index (χ1v) is 4.58. The molecule has 1 aromatic heterocycles. The van der Waals surface area contributed by atoms with Gasteiger partial charge in [-0.15, -0.1) is 0 Å². The Hall–Kier alpha value is -0.600. The third kappa shape index (κ3) is 1.45. The van der Waals surface area contributed by atoms with Crippen molar-refractivity contribution in [1.29, 1.82) is 0 Å². The van der Waals surface area contributed by atoms with Crippen LogP contribution in [0.5, 0.6) is 0 Å². The standard InChI is InChI=1S/C9H11ClN2/c10-9-8-2-1-4-11-6-7(8)3-5-12-9/h3,5,11H,1-2,4,6H2. The van der Waals surface area contributed by atoms with Crippen molar-refractivity contribution in [2.45, 2.75) is 19.4 Å². The van der Waals surface area contributed by atoms with E-state index in [0.717, 1.165) is 25.9 Å². The summed E-state index contributed by atoms with van der Waals surface area (Å²) in [6.45, 7) is 2.00. The van der Waals surface area contributed by atoms with Gasteiger partial charge < -0.3 is 5.32 Å². The van der Waals surface area contributed by atoms with Crippen LogP contribution in [0.4, 0.5) is 0 Å². The Balaban J connectivity index is 2.42. The number of nitrogens with one attached hydrogen (secondary N) is 1. The van der Waals surface area contributed by atoms with E-state index in [-0.39, 0.29) is 0 Å². The van der Waals surface area contributed by atoms with E-state index in [0.29, 0.717) is 5.15 Å². The van der Waals surface area contributed by atoms with Gasteiger partial charge in [0.05, 0.1) is 0 Å². The van der Waals surface area contributed by atoms with Crippen LogP contribution in [0.25, 0.3) is 0 Å². The minimum absolute atomic E-state index is 0.677. The number of fused-ring (bicyclic) bond motifs is 1. The molecule has 2 nitrogen and oxygen atoms in total. The molecule has 64 valence electrons. The SMILES string of the molecule is Clc1nccc2c1CCCNC2. The summed E-state index contributed by atoms with van der Waals surface area (Å²) >= 11 is 5.98. The smallest absolute Gasteiger partial charge is 0.132 e. The van der Waals surface area contributed by atoms with Crippen LogP contribution >= 0.6 is 11.6 Å². The maximum atomic E-state index is 5.98. The van der Waals surface area contributed by atoms with E-state index < -0.39 is 0 Å². The second kappa shape index (κ2) is 3.42. The van der Waals surface area contributed by atoms with Crippen LogP contribution in [0.2, 0.25) is 5.15 Å². The van der Waals surface area contributed by atoms with Crippen LogP contribution in [0.3, 0.4) is 0 Å². The van der Waals surface area contributed by atoms with Crippen molar-refractivity contribution in [2.75, 3.05) is 6.54 Å². The average molecular weight is 183 g/mol. The highest BCUT2D eigenvalue weighted by Gasteiger charge is 2.10. The number of rotatable bonds is 0. The highest BCUT2D eigenvalue weighted by atomic mass is 35.5. The zero-order chi connectivity index (χ0) is 8.39. The number of halogens is 1. The van der Waals surface area contributed by atoms with E-state index in [4.69, 9.17) is 11.6 Å². The maximum Gasteiger partial charge on any atom is 0.132 e. The van der Waals surface area contributed by atoms with E-state index in [1.165, 1.54) is 11.1 Å². The molecule has 0 bridgehead atoms. The molecule has 1 N–H and O–H groups in total. The Morgan fingerprint density at radius 1 is 1.50 bits per heavy atom. The molecule has 0 amide bonds. The van der Waals surface area contributed by atoms with Crippen LogP contribution in [0.1, 0.15) is 17.5 Å². The molecule has 12 heavy (non-hydrogen) atoms. The molecule has 0 spiro atoms. The number of hydrogen-bond donors (Lipinski definition) is 1. The Kier molecular flexibility index (Phi) is 2.28. The van der Waals surface area contributed by atoms with E-state index in [2.05, 4.69) is 10.3 Å². The molecule has 1 aliphatic rings. The lowest BCUT2D eigenvalue weighted by atomic mass is 10.1. The lowest BCUT2D eigenvalue weighted by molar-refractivity contribution is 0.681. The van der Waals surface area contributed by atoms with Gasteiger partial charge in [0, 0.05) is 12.7 Å². The molecule has 0 saturated carbocycles. The predicted octanol–water partition coefficient (Wildman–Crippen LogP) is 1.77. The summed E-state index contributed by atoms with van der Waals surface area (Å²) in [7, 11) is 0. The molecule has 1 aromatic rings. The molecule has 2 rings (SSSR count). The molecule has 0 unspecified atom stereocenters. The molecule has 0 radical (unpaired) electrons. The Labute approximate surface area is 77.0 Å². The molecular formula is C9H11ClN2. The van der Waals surface area contributed by atoms with E-state index >= 15 is 0 Å². The van der Waals surface area contributed by atoms with Gasteiger partial charge in [0.1, 0.15) is 5.15 Å². The number of pyridine rings is 1. The second-order valence-electron chi connectivity index (χ2n) is 3.02. The monoisotopic (exact) mass is 182 g/mol. The molecule has 1 aliphatic heterocycles. The van der Waals surface area contributed by atoms with Gasteiger partial charge in [0.25, 0.3) is 0 Å². The number of hydrogen-bond acceptors (Lipinski definition) is 2. The molecule has 0 saturated heterocycles. The fourth-order valence-electron chi connectivity index (χ4n) is 1.55. The van der Waals surface area contributed by atoms with Gasteiger partial charge in [0.2, 0.25) is 0 Å². The molecule has 0 fully saturated rings. The molecule has 0 aromatic carbocycles. The largest absolute Gasteiger partial charge is 0.313 e. The zero-order valence-electron chi connectivity index (χ0n) is 6.81. The van der Waals surface area contributed by atoms with Gasteiger partial charge in [-0.25, -0.2) is 4.98 Å². The molecule has 0 aliphatic carbocycles. The van der Waals surface area contributed by atoms with Crippen LogP contribution in [-0.4, -0.2) is 11.5 Å². The van der Waals surface area contributed by atoms with Crippen molar-refractivity contribution in [2.24, 2.45) is 0 Å². The Morgan fingerprint density at radius 3 is 3.33 bits per heavy atom. The maximum absolute atomic E-state index is 5.98. The molecular weight excluding hydrogens is 172 g/mol. The first-order valence-electron chi connectivity index (χ1n) is 4.21. The molecule has 0 atom stereocenters. The summed E-state index contributed by atoms with van der Waals surface area (Å²) in [5.74, 6) is 0. The van der Waals surface area contributed by atoms with Crippen molar-refractivity contribution < 1.29 is 0 Å². The number of aromatic nitrogens is 1. The lowest BCUT2D eigenvalue weighted by Crippen LogP contribution is -2.11. The van der Waals surface area contributed by atoms with Gasteiger partial charge in [-0.2, -0.15) is 0 Å². The van der Waals surface area contributed by atoms with Crippen LogP contribution in [-0.2, 0) is 13.0 Å². The normalized spacial score (nSPS) is 16.8. The summed E-state index contributed by atoms with van der Waals surface area (Å²) in [4.78, 5) is 4.07. The van der Waals surface area contributed by atoms with Crippen molar-refractivity contribution in [3.63, 3.8) is 0 Å². The van der Waals surface area contributed by atoms with Gasteiger partial charge >= 0.3 is 0 Å². The fourth-order valence-corrected chi connectivity index (χ4v) is 1.82. The van der Waals surface area contributed by atoms with Crippen LogP contribution in [0, 0.1) is 0 Å². The quantitative estimate of drug-likeness (QED) is 0.619. The van der Waals surface area contributed by atoms with Crippen molar-refractivity contribution in [1.82, 2.24) is 10.3 Å². The lowest BCUT2D eigenvalue weighted by Gasteiger charge is -2.04. The van der Waals surface area contributed by atoms with Crippen molar-refractivity contribution in [3.05, 3.63) is 28.5 Å². The fraction of sp³-hybridized carbons (Fsp3) is 0.444. The van der Waals surface area contributed by atoms with Crippen LogP contribution < -0.4 is 5.32 Å². The van der Waals surface area contributed by atoms with Gasteiger partial charge in [-0.05, 0) is 36.6 Å². The van der Waals surface area contributed by atoms with Crippen molar-refractivity contribution >= 4 is 11.6 Å². The third-order valence-corrected chi connectivity index (χ3v) is 2.52. The summed E-state index contributed by atoms with van der Waals surface area (Å²) in [5, 5.41) is 4.02. The van der Waals surface area contributed by atoms with E-state index in [9.17, 15) is 0 Å². The summed E-state index contributed by atoms with van der Waals surface area (Å²) in [5.41, 5.74) is 2.52. The van der Waals surface area contributed by atoms with Gasteiger partial charge in [-0.3, -0.25) is 0 Å². The highest BCUT2D eigenvalue weighted by molar-refractivity contribution is 6.30. The van der Waals surface area contributed by atoms with Gasteiger partial charge in [-0.1, -0.05) is 11.6 Å². The van der Waals surface area contributed by atoms with E-state index in [1.807, 2.05) is 6.07 Å². The Bertz CT molecular complexity index is 286. The highest BCUT2D eigenvalue weighted by Crippen LogP contribution is 2.20. The Morgan fingerprint density at radius 2 is 2.42 bits per heavy atom. The minimum atomic E-state index is 0.677. The zero-order valence-corrected chi connectivity index (χ0v) is 7.56. The summed E-state index contributed by atoms with van der Waals surface area (Å²) in [6.07, 6.45) is 3.97.